The second kappa shape index (κ2) is 7.79. The van der Waals surface area contributed by atoms with Crippen LogP contribution in [0.5, 0.6) is 0 Å². The number of hydrogen-bond donors (Lipinski definition) is 2. The SMILES string of the molecule is Cc1cc(C(=O)NCC(CCO)c2cncn2C)c(C)n1-c1cnn(C)c1. The molecule has 0 aliphatic carbocycles. The van der Waals surface area contributed by atoms with E-state index in [4.69, 9.17) is 0 Å². The maximum Gasteiger partial charge on any atom is 0.253 e. The molecule has 8 nitrogen and oxygen atoms in total. The maximum absolute atomic E-state index is 12.8. The van der Waals surface area contributed by atoms with Crippen molar-refractivity contribution < 1.29 is 9.90 Å². The fourth-order valence-corrected chi connectivity index (χ4v) is 3.50. The first-order chi connectivity index (χ1) is 12.9. The first-order valence-corrected chi connectivity index (χ1v) is 8.95. The molecular weight excluding hydrogens is 344 g/mol. The molecule has 27 heavy (non-hydrogen) atoms. The summed E-state index contributed by atoms with van der Waals surface area (Å²) in [6.07, 6.45) is 7.76. The van der Waals surface area contributed by atoms with Crippen LogP contribution in [0.25, 0.3) is 5.69 Å². The fourth-order valence-electron chi connectivity index (χ4n) is 3.50. The van der Waals surface area contributed by atoms with Gasteiger partial charge >= 0.3 is 0 Å². The summed E-state index contributed by atoms with van der Waals surface area (Å²) in [7, 11) is 3.78. The molecule has 0 aromatic carbocycles. The minimum Gasteiger partial charge on any atom is -0.396 e. The van der Waals surface area contributed by atoms with Gasteiger partial charge in [-0.25, -0.2) is 4.98 Å². The molecule has 1 atom stereocenters. The zero-order valence-corrected chi connectivity index (χ0v) is 16.2. The van der Waals surface area contributed by atoms with Gasteiger partial charge in [-0.2, -0.15) is 5.10 Å². The van der Waals surface area contributed by atoms with Gasteiger partial charge in [0, 0.05) is 62.6 Å². The zero-order chi connectivity index (χ0) is 19.6. The summed E-state index contributed by atoms with van der Waals surface area (Å²) in [5.74, 6) is -0.114. The molecule has 0 fully saturated rings. The summed E-state index contributed by atoms with van der Waals surface area (Å²) in [5, 5.41) is 16.6. The van der Waals surface area contributed by atoms with Crippen molar-refractivity contribution in [3.63, 3.8) is 0 Å². The first kappa shape index (κ1) is 18.9. The molecule has 144 valence electrons. The van der Waals surface area contributed by atoms with Crippen LogP contribution >= 0.6 is 0 Å². The van der Waals surface area contributed by atoms with Crippen LogP contribution in [0.1, 0.15) is 39.8 Å². The quantitative estimate of drug-likeness (QED) is 0.659. The zero-order valence-electron chi connectivity index (χ0n) is 16.2. The predicted molar refractivity (Wildman–Crippen MR) is 102 cm³/mol. The Kier molecular flexibility index (Phi) is 5.46. The molecule has 0 radical (unpaired) electrons. The van der Waals surface area contributed by atoms with Gasteiger partial charge in [-0.1, -0.05) is 0 Å². The lowest BCUT2D eigenvalue weighted by atomic mass is 10.0. The number of nitrogens with one attached hydrogen (secondary N) is 1. The maximum atomic E-state index is 12.8. The highest BCUT2D eigenvalue weighted by Crippen LogP contribution is 2.21. The highest BCUT2D eigenvalue weighted by atomic mass is 16.3. The van der Waals surface area contributed by atoms with Gasteiger partial charge in [0.2, 0.25) is 0 Å². The van der Waals surface area contributed by atoms with E-state index in [-0.39, 0.29) is 18.4 Å². The third-order valence-corrected chi connectivity index (χ3v) is 4.88. The van der Waals surface area contributed by atoms with Gasteiger partial charge < -0.3 is 19.6 Å². The van der Waals surface area contributed by atoms with E-state index in [0.29, 0.717) is 18.5 Å². The molecule has 8 heteroatoms. The van der Waals surface area contributed by atoms with Gasteiger partial charge in [0.05, 0.1) is 23.8 Å². The third-order valence-electron chi connectivity index (χ3n) is 4.88. The second-order valence-corrected chi connectivity index (χ2v) is 6.84. The molecule has 0 saturated heterocycles. The number of aliphatic hydroxyl groups excluding tert-OH is 1. The van der Waals surface area contributed by atoms with Crippen LogP contribution in [0, 0.1) is 13.8 Å². The number of aliphatic hydroxyl groups is 1. The van der Waals surface area contributed by atoms with E-state index in [1.807, 2.05) is 49.3 Å². The normalized spacial score (nSPS) is 12.3. The van der Waals surface area contributed by atoms with Gasteiger partial charge in [-0.15, -0.1) is 0 Å². The summed E-state index contributed by atoms with van der Waals surface area (Å²) in [4.78, 5) is 16.9. The van der Waals surface area contributed by atoms with Crippen molar-refractivity contribution in [3.05, 3.63) is 53.6 Å². The van der Waals surface area contributed by atoms with Crippen molar-refractivity contribution in [2.45, 2.75) is 26.2 Å². The summed E-state index contributed by atoms with van der Waals surface area (Å²) in [6, 6.07) is 1.89. The number of carbonyl (C=O) groups excluding carboxylic acids is 1. The number of aryl methyl sites for hydroxylation is 3. The molecule has 0 spiro atoms. The van der Waals surface area contributed by atoms with Gasteiger partial charge in [0.25, 0.3) is 5.91 Å². The minimum atomic E-state index is -0.122. The van der Waals surface area contributed by atoms with Crippen LogP contribution < -0.4 is 5.32 Å². The van der Waals surface area contributed by atoms with E-state index < -0.39 is 0 Å². The second-order valence-electron chi connectivity index (χ2n) is 6.84. The summed E-state index contributed by atoms with van der Waals surface area (Å²) < 4.78 is 5.68. The molecule has 3 heterocycles. The molecule has 3 aromatic heterocycles. The number of amides is 1. The van der Waals surface area contributed by atoms with Crippen LogP contribution in [0.4, 0.5) is 0 Å². The standard InChI is InChI=1S/C19H26N6O2/c1-13-7-17(14(2)25(13)16-9-22-24(4)11-16)19(27)21-8-15(5-6-26)18-10-20-12-23(18)3/h7,9-12,15,26H,5-6,8H2,1-4H3,(H,21,27). The lowest BCUT2D eigenvalue weighted by Gasteiger charge is -2.17. The highest BCUT2D eigenvalue weighted by molar-refractivity contribution is 5.96. The molecule has 3 rings (SSSR count). The Labute approximate surface area is 158 Å². The van der Waals surface area contributed by atoms with Gasteiger partial charge in [-0.3, -0.25) is 9.48 Å². The van der Waals surface area contributed by atoms with Gasteiger partial charge in [0.1, 0.15) is 0 Å². The molecular formula is C19H26N6O2. The number of hydrogen-bond acceptors (Lipinski definition) is 4. The molecule has 3 aromatic rings. The largest absolute Gasteiger partial charge is 0.396 e. The number of imidazole rings is 1. The lowest BCUT2D eigenvalue weighted by Crippen LogP contribution is -2.30. The van der Waals surface area contributed by atoms with Gasteiger partial charge in [0.15, 0.2) is 0 Å². The van der Waals surface area contributed by atoms with E-state index in [1.54, 1.807) is 23.4 Å². The van der Waals surface area contributed by atoms with Crippen LogP contribution in [0.3, 0.4) is 0 Å². The molecule has 0 bridgehead atoms. The van der Waals surface area contributed by atoms with Crippen LogP contribution in [-0.2, 0) is 14.1 Å². The average molecular weight is 370 g/mol. The van der Waals surface area contributed by atoms with Crippen molar-refractivity contribution in [1.29, 1.82) is 0 Å². The van der Waals surface area contributed by atoms with Crippen molar-refractivity contribution in [2.75, 3.05) is 13.2 Å². The Hall–Kier alpha value is -2.87. The van der Waals surface area contributed by atoms with E-state index in [2.05, 4.69) is 15.4 Å². The highest BCUT2D eigenvalue weighted by Gasteiger charge is 2.20. The van der Waals surface area contributed by atoms with E-state index in [1.165, 1.54) is 0 Å². The molecule has 1 amide bonds. The Morgan fingerprint density at radius 1 is 1.30 bits per heavy atom. The van der Waals surface area contributed by atoms with E-state index in [0.717, 1.165) is 22.8 Å². The Balaban J connectivity index is 1.77. The molecule has 2 N–H and O–H groups in total. The first-order valence-electron chi connectivity index (χ1n) is 8.95. The fraction of sp³-hybridized carbons (Fsp3) is 0.421. The average Bonchev–Trinajstić information content (AvgIpc) is 3.31. The van der Waals surface area contributed by atoms with Gasteiger partial charge in [-0.05, 0) is 26.3 Å². The van der Waals surface area contributed by atoms with Crippen molar-refractivity contribution in [1.82, 2.24) is 29.2 Å². The number of rotatable bonds is 7. The van der Waals surface area contributed by atoms with E-state index in [9.17, 15) is 9.90 Å². The van der Waals surface area contributed by atoms with Crippen LogP contribution in [0.2, 0.25) is 0 Å². The summed E-state index contributed by atoms with van der Waals surface area (Å²) >= 11 is 0. The molecule has 0 aliphatic heterocycles. The Morgan fingerprint density at radius 3 is 2.67 bits per heavy atom. The smallest absolute Gasteiger partial charge is 0.253 e. The minimum absolute atomic E-state index is 0.00765. The Bertz CT molecular complexity index is 936. The summed E-state index contributed by atoms with van der Waals surface area (Å²) in [5.41, 5.74) is 4.41. The number of carbonyl (C=O) groups is 1. The topological polar surface area (TPSA) is 89.9 Å². The Morgan fingerprint density at radius 2 is 2.07 bits per heavy atom. The monoisotopic (exact) mass is 370 g/mol. The molecule has 0 saturated carbocycles. The summed E-state index contributed by atoms with van der Waals surface area (Å²) in [6.45, 7) is 4.40. The third kappa shape index (κ3) is 3.80. The lowest BCUT2D eigenvalue weighted by molar-refractivity contribution is 0.0948. The van der Waals surface area contributed by atoms with Crippen LogP contribution in [0.15, 0.2) is 31.0 Å². The van der Waals surface area contributed by atoms with Crippen LogP contribution in [-0.4, -0.2) is 48.1 Å². The van der Waals surface area contributed by atoms with Crippen molar-refractivity contribution in [2.24, 2.45) is 14.1 Å². The molecule has 1 unspecified atom stereocenters. The molecule has 0 aliphatic rings. The number of aromatic nitrogens is 5. The van der Waals surface area contributed by atoms with Crippen molar-refractivity contribution >= 4 is 5.91 Å². The van der Waals surface area contributed by atoms with E-state index >= 15 is 0 Å². The predicted octanol–water partition coefficient (Wildman–Crippen LogP) is 1.46. The van der Waals surface area contributed by atoms with Crippen molar-refractivity contribution in [3.8, 4) is 5.69 Å². The number of nitrogens with zero attached hydrogens (tertiary/aromatic N) is 5.